The van der Waals surface area contributed by atoms with Crippen LogP contribution in [0.15, 0.2) is 0 Å². The van der Waals surface area contributed by atoms with Gasteiger partial charge >= 0.3 is 10.2 Å². The van der Waals surface area contributed by atoms with Crippen LogP contribution in [0.5, 0.6) is 0 Å². The number of likely N-dealkylation sites (tertiary alicyclic amines) is 2. The summed E-state index contributed by atoms with van der Waals surface area (Å²) in [6.45, 7) is 3.98. The van der Waals surface area contributed by atoms with Gasteiger partial charge < -0.3 is 9.80 Å². The molecular weight excluding hydrogens is 259 g/mol. The second kappa shape index (κ2) is 5.52. The molecule has 5 nitrogen and oxygen atoms in total. The van der Waals surface area contributed by atoms with Crippen LogP contribution in [-0.2, 0) is 15.0 Å². The van der Waals surface area contributed by atoms with Crippen molar-refractivity contribution in [3.8, 4) is 0 Å². The van der Waals surface area contributed by atoms with Gasteiger partial charge in [-0.05, 0) is 25.9 Å². The highest BCUT2D eigenvalue weighted by atomic mass is 32.3. The number of hydrogen-bond acceptors (Lipinski definition) is 4. The number of carbonyl (C=O) groups is 1. The van der Waals surface area contributed by atoms with Crippen molar-refractivity contribution in [2.24, 2.45) is 5.92 Å². The molecular formula is C11H19FN2O3S. The molecule has 0 radical (unpaired) electrons. The fourth-order valence-corrected chi connectivity index (χ4v) is 3.52. The summed E-state index contributed by atoms with van der Waals surface area (Å²) in [5, 5.41) is 0. The quantitative estimate of drug-likeness (QED) is 0.676. The van der Waals surface area contributed by atoms with Gasteiger partial charge in [0.2, 0.25) is 5.91 Å². The van der Waals surface area contributed by atoms with E-state index in [1.54, 1.807) is 4.90 Å². The van der Waals surface area contributed by atoms with Gasteiger partial charge in [-0.2, -0.15) is 8.42 Å². The molecule has 2 heterocycles. The number of rotatable bonds is 5. The number of amides is 1. The highest BCUT2D eigenvalue weighted by molar-refractivity contribution is 7.86. The average Bonchev–Trinajstić information content (AvgIpc) is 2.83. The van der Waals surface area contributed by atoms with Crippen molar-refractivity contribution < 1.29 is 17.1 Å². The van der Waals surface area contributed by atoms with Crippen LogP contribution in [0.3, 0.4) is 0 Å². The maximum Gasteiger partial charge on any atom is 0.302 e. The van der Waals surface area contributed by atoms with Crippen molar-refractivity contribution in [3.63, 3.8) is 0 Å². The zero-order valence-electron chi connectivity index (χ0n) is 10.3. The molecule has 2 aliphatic rings. The van der Waals surface area contributed by atoms with Gasteiger partial charge in [0, 0.05) is 32.0 Å². The summed E-state index contributed by atoms with van der Waals surface area (Å²) in [5.41, 5.74) is 0. The van der Waals surface area contributed by atoms with Crippen LogP contribution in [0.4, 0.5) is 3.89 Å². The molecule has 1 unspecified atom stereocenters. The van der Waals surface area contributed by atoms with E-state index < -0.39 is 16.0 Å². The largest absolute Gasteiger partial charge is 0.341 e. The molecule has 0 aromatic rings. The molecule has 0 saturated carbocycles. The summed E-state index contributed by atoms with van der Waals surface area (Å²) in [5.74, 6) is -0.965. The maximum atomic E-state index is 12.6. The third-order valence-electron chi connectivity index (χ3n) is 3.61. The first kappa shape index (κ1) is 13.7. The Morgan fingerprint density at radius 2 is 1.89 bits per heavy atom. The Hall–Kier alpha value is -0.690. The zero-order valence-corrected chi connectivity index (χ0v) is 11.2. The molecule has 0 aromatic carbocycles. The van der Waals surface area contributed by atoms with E-state index in [2.05, 4.69) is 4.90 Å². The van der Waals surface area contributed by atoms with Gasteiger partial charge in [-0.15, -0.1) is 3.89 Å². The normalized spacial score (nSPS) is 26.2. The predicted molar refractivity (Wildman–Crippen MR) is 65.3 cm³/mol. The van der Waals surface area contributed by atoms with Crippen molar-refractivity contribution >= 4 is 16.1 Å². The van der Waals surface area contributed by atoms with Crippen molar-refractivity contribution in [2.45, 2.75) is 19.3 Å². The van der Waals surface area contributed by atoms with Crippen LogP contribution < -0.4 is 0 Å². The van der Waals surface area contributed by atoms with E-state index in [1.165, 1.54) is 12.8 Å². The average molecular weight is 278 g/mol. The third kappa shape index (κ3) is 3.91. The van der Waals surface area contributed by atoms with E-state index in [9.17, 15) is 17.1 Å². The Morgan fingerprint density at radius 3 is 2.50 bits per heavy atom. The van der Waals surface area contributed by atoms with Crippen LogP contribution in [0.2, 0.25) is 0 Å². The minimum Gasteiger partial charge on any atom is -0.341 e. The molecule has 0 spiro atoms. The maximum absolute atomic E-state index is 12.6. The lowest BCUT2D eigenvalue weighted by molar-refractivity contribution is -0.127. The van der Waals surface area contributed by atoms with Crippen LogP contribution >= 0.6 is 0 Å². The second-order valence-electron chi connectivity index (χ2n) is 5.16. The van der Waals surface area contributed by atoms with E-state index in [1.807, 2.05) is 0 Å². The third-order valence-corrected chi connectivity index (χ3v) is 4.48. The van der Waals surface area contributed by atoms with Gasteiger partial charge in [0.15, 0.2) is 0 Å². The monoisotopic (exact) mass is 278 g/mol. The molecule has 18 heavy (non-hydrogen) atoms. The fourth-order valence-electron chi connectivity index (χ4n) is 2.73. The van der Waals surface area contributed by atoms with Gasteiger partial charge in [-0.3, -0.25) is 4.79 Å². The molecule has 104 valence electrons. The minimum atomic E-state index is -4.47. The predicted octanol–water partition coefficient (Wildman–Crippen LogP) is 0.230. The highest BCUT2D eigenvalue weighted by Gasteiger charge is 2.32. The van der Waals surface area contributed by atoms with Gasteiger partial charge in [0.25, 0.3) is 0 Å². The number of carbonyl (C=O) groups excluding carboxylic acids is 1. The topological polar surface area (TPSA) is 57.7 Å². The Bertz CT molecular complexity index is 407. The Balaban J connectivity index is 1.78. The molecule has 2 fully saturated rings. The standard InChI is InChI=1S/C11H19FN2O3S/c12-18(16,17)9-10-7-11(15)14(8-10)6-5-13-3-1-2-4-13/h10H,1-9H2. The number of nitrogens with zero attached hydrogens (tertiary/aromatic N) is 2. The van der Waals surface area contributed by atoms with Gasteiger partial charge in [-0.25, -0.2) is 0 Å². The first-order valence-corrected chi connectivity index (χ1v) is 7.92. The first-order chi connectivity index (χ1) is 8.44. The number of hydrogen-bond donors (Lipinski definition) is 0. The lowest BCUT2D eigenvalue weighted by Gasteiger charge is -2.21. The van der Waals surface area contributed by atoms with Crippen LogP contribution in [0, 0.1) is 5.92 Å². The lowest BCUT2D eigenvalue weighted by atomic mass is 10.1. The smallest absolute Gasteiger partial charge is 0.302 e. The molecule has 2 rings (SSSR count). The summed E-state index contributed by atoms with van der Waals surface area (Å²) in [4.78, 5) is 15.6. The second-order valence-corrected chi connectivity index (χ2v) is 6.58. The van der Waals surface area contributed by atoms with Gasteiger partial charge in [0.1, 0.15) is 0 Å². The lowest BCUT2D eigenvalue weighted by Crippen LogP contribution is -2.35. The first-order valence-electron chi connectivity index (χ1n) is 6.36. The highest BCUT2D eigenvalue weighted by Crippen LogP contribution is 2.20. The van der Waals surface area contributed by atoms with Crippen LogP contribution in [0.25, 0.3) is 0 Å². The zero-order chi connectivity index (χ0) is 13.2. The summed E-state index contributed by atoms with van der Waals surface area (Å²) < 4.78 is 33.7. The van der Waals surface area contributed by atoms with Crippen LogP contribution in [-0.4, -0.2) is 62.6 Å². The number of halogens is 1. The summed E-state index contributed by atoms with van der Waals surface area (Å²) in [6, 6.07) is 0. The van der Waals surface area contributed by atoms with Crippen LogP contribution in [0.1, 0.15) is 19.3 Å². The van der Waals surface area contributed by atoms with Gasteiger partial charge in [-0.1, -0.05) is 0 Å². The Kier molecular flexibility index (Phi) is 4.21. The van der Waals surface area contributed by atoms with Gasteiger partial charge in [0.05, 0.1) is 5.75 Å². The molecule has 0 bridgehead atoms. The van der Waals surface area contributed by atoms with E-state index in [0.29, 0.717) is 13.1 Å². The molecule has 2 saturated heterocycles. The molecule has 0 aliphatic carbocycles. The molecule has 1 atom stereocenters. The Labute approximate surface area is 107 Å². The minimum absolute atomic E-state index is 0.0529. The SMILES string of the molecule is O=C1CC(CS(=O)(=O)F)CN1CCN1CCCC1. The summed E-state index contributed by atoms with van der Waals surface area (Å²) in [7, 11) is -4.47. The molecule has 7 heteroatoms. The van der Waals surface area contributed by atoms with Crippen molar-refractivity contribution in [3.05, 3.63) is 0 Å². The van der Waals surface area contributed by atoms with E-state index >= 15 is 0 Å². The summed E-state index contributed by atoms with van der Waals surface area (Å²) >= 11 is 0. The molecule has 1 amide bonds. The van der Waals surface area contributed by atoms with E-state index in [4.69, 9.17) is 0 Å². The molecule has 0 N–H and O–H groups in total. The van der Waals surface area contributed by atoms with Crippen molar-refractivity contribution in [2.75, 3.05) is 38.5 Å². The Morgan fingerprint density at radius 1 is 1.22 bits per heavy atom. The summed E-state index contributed by atoms with van der Waals surface area (Å²) in [6.07, 6.45) is 2.57. The van der Waals surface area contributed by atoms with Crippen molar-refractivity contribution in [1.29, 1.82) is 0 Å². The van der Waals surface area contributed by atoms with Crippen molar-refractivity contribution in [1.82, 2.24) is 9.80 Å². The fraction of sp³-hybridized carbons (Fsp3) is 0.909. The molecule has 0 aromatic heterocycles. The molecule has 2 aliphatic heterocycles. The van der Waals surface area contributed by atoms with E-state index in [0.717, 1.165) is 19.6 Å². The van der Waals surface area contributed by atoms with E-state index in [-0.39, 0.29) is 18.2 Å².